The van der Waals surface area contributed by atoms with Crippen LogP contribution in [-0.4, -0.2) is 16.1 Å². The molecule has 0 unspecified atom stereocenters. The lowest BCUT2D eigenvalue weighted by atomic mass is 10.0. The molecule has 0 bridgehead atoms. The molecule has 4 heteroatoms. The number of halogens is 1. The fourth-order valence-corrected chi connectivity index (χ4v) is 2.60. The van der Waals surface area contributed by atoms with Crippen molar-refractivity contribution in [1.82, 2.24) is 9.55 Å². The number of anilines is 1. The van der Waals surface area contributed by atoms with Crippen LogP contribution in [-0.2, 0) is 6.54 Å². The van der Waals surface area contributed by atoms with Gasteiger partial charge >= 0.3 is 0 Å². The van der Waals surface area contributed by atoms with Gasteiger partial charge in [-0.3, -0.25) is 0 Å². The molecular weight excluding hydrogens is 289 g/mol. The highest BCUT2D eigenvalue weighted by Crippen LogP contribution is 2.27. The van der Waals surface area contributed by atoms with Crippen molar-refractivity contribution in [3.63, 3.8) is 0 Å². The summed E-state index contributed by atoms with van der Waals surface area (Å²) in [6.07, 6.45) is 4.92. The Labute approximate surface area is 135 Å². The van der Waals surface area contributed by atoms with E-state index in [1.54, 1.807) is 0 Å². The van der Waals surface area contributed by atoms with Crippen LogP contribution in [0, 0.1) is 12.7 Å². The fourth-order valence-electron chi connectivity index (χ4n) is 2.60. The number of rotatable bonds is 6. The van der Waals surface area contributed by atoms with Gasteiger partial charge in [0.1, 0.15) is 5.82 Å². The van der Waals surface area contributed by atoms with Gasteiger partial charge < -0.3 is 9.88 Å². The van der Waals surface area contributed by atoms with Crippen LogP contribution in [0.2, 0.25) is 0 Å². The first-order valence-electron chi connectivity index (χ1n) is 7.79. The lowest BCUT2D eigenvalue weighted by molar-refractivity contribution is 0.628. The van der Waals surface area contributed by atoms with E-state index in [4.69, 9.17) is 0 Å². The highest BCUT2D eigenvalue weighted by atomic mass is 19.1. The number of imidazole rings is 1. The van der Waals surface area contributed by atoms with Gasteiger partial charge in [-0.15, -0.1) is 0 Å². The summed E-state index contributed by atoms with van der Waals surface area (Å²) in [5.41, 5.74) is 4.21. The maximum Gasteiger partial charge on any atom is 0.123 e. The number of benzene rings is 2. The maximum absolute atomic E-state index is 13.1. The molecule has 0 radical (unpaired) electrons. The van der Waals surface area contributed by atoms with Crippen molar-refractivity contribution in [1.29, 1.82) is 0 Å². The third kappa shape index (κ3) is 3.97. The van der Waals surface area contributed by atoms with E-state index >= 15 is 0 Å². The number of aromatic nitrogens is 2. The van der Waals surface area contributed by atoms with E-state index in [-0.39, 0.29) is 5.82 Å². The van der Waals surface area contributed by atoms with Crippen LogP contribution in [0.1, 0.15) is 12.1 Å². The summed E-state index contributed by atoms with van der Waals surface area (Å²) < 4.78 is 15.2. The Balaban J connectivity index is 1.63. The molecule has 0 atom stereocenters. The number of hydrogen-bond acceptors (Lipinski definition) is 2. The van der Waals surface area contributed by atoms with Gasteiger partial charge in [-0.1, -0.05) is 30.3 Å². The predicted octanol–water partition coefficient (Wildman–Crippen LogP) is 4.50. The second-order valence-electron chi connectivity index (χ2n) is 5.59. The zero-order chi connectivity index (χ0) is 16.1. The SMILES string of the molecule is Cc1cn(CCCNc2ccccc2-c2ccc(F)cc2)cn1. The van der Waals surface area contributed by atoms with Crippen molar-refractivity contribution >= 4 is 5.69 Å². The van der Waals surface area contributed by atoms with Crippen LogP contribution in [0.25, 0.3) is 11.1 Å². The Hall–Kier alpha value is -2.62. The largest absolute Gasteiger partial charge is 0.384 e. The zero-order valence-corrected chi connectivity index (χ0v) is 13.2. The van der Waals surface area contributed by atoms with E-state index in [0.29, 0.717) is 0 Å². The van der Waals surface area contributed by atoms with Crippen LogP contribution in [0.15, 0.2) is 61.1 Å². The summed E-state index contributed by atoms with van der Waals surface area (Å²) in [6, 6.07) is 14.7. The smallest absolute Gasteiger partial charge is 0.123 e. The second kappa shape index (κ2) is 7.09. The van der Waals surface area contributed by atoms with Crippen LogP contribution in [0.3, 0.4) is 0 Å². The molecule has 2 aromatic carbocycles. The van der Waals surface area contributed by atoms with E-state index in [1.165, 1.54) is 12.1 Å². The van der Waals surface area contributed by atoms with E-state index in [2.05, 4.69) is 27.0 Å². The Bertz CT molecular complexity index is 762. The first-order valence-corrected chi connectivity index (χ1v) is 7.79. The minimum Gasteiger partial charge on any atom is -0.384 e. The van der Waals surface area contributed by atoms with Crippen molar-refractivity contribution in [2.45, 2.75) is 19.9 Å². The molecule has 0 spiro atoms. The molecule has 1 heterocycles. The number of para-hydroxylation sites is 1. The van der Waals surface area contributed by atoms with Gasteiger partial charge in [-0.25, -0.2) is 9.37 Å². The Morgan fingerprint density at radius 1 is 1.09 bits per heavy atom. The summed E-state index contributed by atoms with van der Waals surface area (Å²) in [6.45, 7) is 3.80. The number of nitrogens with one attached hydrogen (secondary N) is 1. The quantitative estimate of drug-likeness (QED) is 0.679. The minimum atomic E-state index is -0.213. The van der Waals surface area contributed by atoms with Gasteiger partial charge in [-0.05, 0) is 37.1 Å². The Morgan fingerprint density at radius 3 is 2.61 bits per heavy atom. The first-order chi connectivity index (χ1) is 11.2. The van der Waals surface area contributed by atoms with Crippen molar-refractivity contribution in [2.75, 3.05) is 11.9 Å². The van der Waals surface area contributed by atoms with Gasteiger partial charge in [0.25, 0.3) is 0 Å². The molecule has 1 N–H and O–H groups in total. The van der Waals surface area contributed by atoms with Gasteiger partial charge in [0, 0.05) is 30.5 Å². The Morgan fingerprint density at radius 2 is 1.87 bits per heavy atom. The van der Waals surface area contributed by atoms with Crippen molar-refractivity contribution in [3.8, 4) is 11.1 Å². The molecule has 3 aromatic rings. The molecule has 0 aliphatic carbocycles. The van der Waals surface area contributed by atoms with Gasteiger partial charge in [0.15, 0.2) is 0 Å². The molecule has 3 nitrogen and oxygen atoms in total. The second-order valence-corrected chi connectivity index (χ2v) is 5.59. The number of hydrogen-bond donors (Lipinski definition) is 1. The lowest BCUT2D eigenvalue weighted by Gasteiger charge is -2.12. The molecule has 0 aliphatic heterocycles. The first kappa shape index (κ1) is 15.3. The maximum atomic E-state index is 13.1. The minimum absolute atomic E-state index is 0.213. The third-order valence-corrected chi connectivity index (χ3v) is 3.75. The molecule has 0 amide bonds. The predicted molar refractivity (Wildman–Crippen MR) is 91.9 cm³/mol. The fraction of sp³-hybridized carbons (Fsp3) is 0.211. The van der Waals surface area contributed by atoms with Crippen LogP contribution >= 0.6 is 0 Å². The summed E-state index contributed by atoms with van der Waals surface area (Å²) in [5, 5.41) is 3.48. The van der Waals surface area contributed by atoms with Gasteiger partial charge in [0.05, 0.1) is 12.0 Å². The third-order valence-electron chi connectivity index (χ3n) is 3.75. The van der Waals surface area contributed by atoms with Crippen molar-refractivity contribution in [2.24, 2.45) is 0 Å². The van der Waals surface area contributed by atoms with E-state index < -0.39 is 0 Å². The lowest BCUT2D eigenvalue weighted by Crippen LogP contribution is -2.06. The van der Waals surface area contributed by atoms with Gasteiger partial charge in [0.2, 0.25) is 0 Å². The molecule has 0 saturated heterocycles. The van der Waals surface area contributed by atoms with E-state index in [0.717, 1.165) is 42.0 Å². The van der Waals surface area contributed by atoms with E-state index in [1.807, 2.05) is 43.7 Å². The molecule has 0 aliphatic rings. The number of nitrogens with zero attached hydrogens (tertiary/aromatic N) is 2. The monoisotopic (exact) mass is 309 g/mol. The highest BCUT2D eigenvalue weighted by Gasteiger charge is 2.04. The molecule has 3 rings (SSSR count). The highest BCUT2D eigenvalue weighted by molar-refractivity contribution is 5.77. The zero-order valence-electron chi connectivity index (χ0n) is 13.2. The van der Waals surface area contributed by atoms with Crippen LogP contribution in [0.5, 0.6) is 0 Å². The molecular formula is C19H20FN3. The standard InChI is InChI=1S/C19H20FN3/c1-15-13-23(14-22-15)12-4-11-21-19-6-3-2-5-18(19)16-7-9-17(20)10-8-16/h2-3,5-10,13-14,21H,4,11-12H2,1H3. The summed E-state index contributed by atoms with van der Waals surface area (Å²) in [7, 11) is 0. The summed E-state index contributed by atoms with van der Waals surface area (Å²) in [5.74, 6) is -0.213. The van der Waals surface area contributed by atoms with Crippen molar-refractivity contribution in [3.05, 3.63) is 72.6 Å². The normalized spacial score (nSPS) is 10.7. The summed E-state index contributed by atoms with van der Waals surface area (Å²) >= 11 is 0. The van der Waals surface area contributed by atoms with Crippen LogP contribution in [0.4, 0.5) is 10.1 Å². The Kier molecular flexibility index (Phi) is 4.71. The summed E-state index contributed by atoms with van der Waals surface area (Å²) in [4.78, 5) is 4.23. The average molecular weight is 309 g/mol. The molecule has 23 heavy (non-hydrogen) atoms. The van der Waals surface area contributed by atoms with Gasteiger partial charge in [-0.2, -0.15) is 0 Å². The average Bonchev–Trinajstić information content (AvgIpc) is 2.98. The van der Waals surface area contributed by atoms with E-state index in [9.17, 15) is 4.39 Å². The molecule has 0 fully saturated rings. The topological polar surface area (TPSA) is 29.9 Å². The molecule has 118 valence electrons. The molecule has 0 saturated carbocycles. The number of aryl methyl sites for hydroxylation is 2. The molecule has 1 aromatic heterocycles. The van der Waals surface area contributed by atoms with Crippen LogP contribution < -0.4 is 5.32 Å². The van der Waals surface area contributed by atoms with Crippen molar-refractivity contribution < 1.29 is 4.39 Å².